The summed E-state index contributed by atoms with van der Waals surface area (Å²) in [7, 11) is 0. The fourth-order valence-corrected chi connectivity index (χ4v) is 2.85. The van der Waals surface area contributed by atoms with Gasteiger partial charge in [0, 0.05) is 11.5 Å². The molecule has 1 heteroatoms. The molecule has 0 spiro atoms. The normalized spacial score (nSPS) is 23.9. The number of hydrogen-bond acceptors (Lipinski definition) is 1. The van der Waals surface area contributed by atoms with E-state index in [0.717, 1.165) is 37.2 Å². The molecule has 1 fully saturated rings. The van der Waals surface area contributed by atoms with Crippen molar-refractivity contribution in [3.63, 3.8) is 0 Å². The molecule has 1 aromatic rings. The van der Waals surface area contributed by atoms with Gasteiger partial charge < -0.3 is 0 Å². The lowest BCUT2D eigenvalue weighted by Crippen LogP contribution is -2.11. The molecule has 17 heavy (non-hydrogen) atoms. The number of Topliss-reactive ketones (excluding diaryl/α,β-unsaturated/α-hetero) is 1. The van der Waals surface area contributed by atoms with Crippen molar-refractivity contribution in [2.45, 2.75) is 46.0 Å². The van der Waals surface area contributed by atoms with Gasteiger partial charge in [-0.3, -0.25) is 4.79 Å². The number of ketones is 1. The van der Waals surface area contributed by atoms with Gasteiger partial charge in [0.1, 0.15) is 0 Å². The Morgan fingerprint density at radius 1 is 1.35 bits per heavy atom. The maximum Gasteiger partial charge on any atom is 0.165 e. The van der Waals surface area contributed by atoms with Gasteiger partial charge in [-0.2, -0.15) is 0 Å². The minimum atomic E-state index is 0.280. The number of rotatable bonds is 4. The average Bonchev–Trinajstić information content (AvgIpc) is 2.76. The van der Waals surface area contributed by atoms with Crippen molar-refractivity contribution in [2.75, 3.05) is 0 Å². The molecule has 92 valence electrons. The van der Waals surface area contributed by atoms with E-state index in [1.165, 1.54) is 12.0 Å². The summed E-state index contributed by atoms with van der Waals surface area (Å²) in [5.41, 5.74) is 2.22. The number of carbonyl (C=O) groups excluding carboxylic acids is 1. The van der Waals surface area contributed by atoms with Crippen LogP contribution < -0.4 is 0 Å². The number of carbonyl (C=O) groups is 1. The summed E-state index contributed by atoms with van der Waals surface area (Å²) in [6.45, 7) is 4.42. The first-order valence-corrected chi connectivity index (χ1v) is 6.84. The van der Waals surface area contributed by atoms with E-state index < -0.39 is 0 Å². The monoisotopic (exact) mass is 230 g/mol. The maximum absolute atomic E-state index is 12.3. The van der Waals surface area contributed by atoms with Crippen LogP contribution in [-0.4, -0.2) is 5.78 Å². The van der Waals surface area contributed by atoms with Crippen LogP contribution in [0, 0.1) is 11.8 Å². The van der Waals surface area contributed by atoms with Crippen LogP contribution in [0.1, 0.15) is 55.5 Å². The summed E-state index contributed by atoms with van der Waals surface area (Å²) >= 11 is 0. The molecule has 0 bridgehead atoms. The molecule has 0 amide bonds. The van der Waals surface area contributed by atoms with Crippen molar-refractivity contribution in [3.05, 3.63) is 35.4 Å². The lowest BCUT2D eigenvalue weighted by atomic mass is 9.94. The second-order valence-corrected chi connectivity index (χ2v) is 5.43. The molecule has 1 aromatic carbocycles. The second kappa shape index (κ2) is 5.48. The molecule has 0 radical (unpaired) electrons. The van der Waals surface area contributed by atoms with Crippen molar-refractivity contribution in [1.82, 2.24) is 0 Å². The quantitative estimate of drug-likeness (QED) is 0.706. The number of benzene rings is 1. The number of aryl methyl sites for hydroxylation is 1. The highest BCUT2D eigenvalue weighted by Crippen LogP contribution is 2.32. The van der Waals surface area contributed by atoms with Crippen LogP contribution in [0.2, 0.25) is 0 Å². The van der Waals surface area contributed by atoms with E-state index in [0.29, 0.717) is 5.78 Å². The molecular weight excluding hydrogens is 208 g/mol. The molecule has 1 saturated carbocycles. The van der Waals surface area contributed by atoms with Crippen molar-refractivity contribution in [2.24, 2.45) is 11.8 Å². The molecular formula is C16H22O. The lowest BCUT2D eigenvalue weighted by molar-refractivity contribution is 0.0920. The molecule has 2 atom stereocenters. The van der Waals surface area contributed by atoms with Crippen molar-refractivity contribution in [1.29, 1.82) is 0 Å². The van der Waals surface area contributed by atoms with Crippen LogP contribution in [0.4, 0.5) is 0 Å². The predicted octanol–water partition coefficient (Wildman–Crippen LogP) is 4.26. The van der Waals surface area contributed by atoms with Gasteiger partial charge in [-0.15, -0.1) is 0 Å². The molecule has 2 rings (SSSR count). The molecule has 0 saturated heterocycles. The standard InChI is InChI=1S/C16H22O/c1-3-5-13-6-4-7-14(11-13)16(17)15-9-8-12(2)10-15/h4,6-7,11-12,15H,3,5,8-10H2,1-2H3. The van der Waals surface area contributed by atoms with E-state index in [2.05, 4.69) is 26.0 Å². The van der Waals surface area contributed by atoms with Gasteiger partial charge >= 0.3 is 0 Å². The smallest absolute Gasteiger partial charge is 0.165 e. The van der Waals surface area contributed by atoms with Gasteiger partial charge in [0.2, 0.25) is 0 Å². The first kappa shape index (κ1) is 12.3. The average molecular weight is 230 g/mol. The molecule has 2 unspecified atom stereocenters. The third kappa shape index (κ3) is 2.96. The Morgan fingerprint density at radius 3 is 2.82 bits per heavy atom. The van der Waals surface area contributed by atoms with Crippen LogP contribution in [0.5, 0.6) is 0 Å². The van der Waals surface area contributed by atoms with Crippen LogP contribution in [0.25, 0.3) is 0 Å². The van der Waals surface area contributed by atoms with Gasteiger partial charge in [-0.05, 0) is 43.2 Å². The van der Waals surface area contributed by atoms with Crippen molar-refractivity contribution < 1.29 is 4.79 Å². The van der Waals surface area contributed by atoms with E-state index in [1.54, 1.807) is 0 Å². The van der Waals surface area contributed by atoms with Crippen LogP contribution in [-0.2, 0) is 6.42 Å². The van der Waals surface area contributed by atoms with Gasteiger partial charge in [-0.25, -0.2) is 0 Å². The third-order valence-electron chi connectivity index (χ3n) is 3.82. The Morgan fingerprint density at radius 2 is 2.18 bits per heavy atom. The Balaban J connectivity index is 2.10. The highest BCUT2D eigenvalue weighted by molar-refractivity contribution is 5.98. The SMILES string of the molecule is CCCc1cccc(C(=O)C2CCC(C)C2)c1. The summed E-state index contributed by atoms with van der Waals surface area (Å²) in [6, 6.07) is 8.22. The first-order valence-electron chi connectivity index (χ1n) is 6.84. The molecule has 1 nitrogen and oxygen atoms in total. The molecule has 0 heterocycles. The Bertz CT molecular complexity index is 394. The van der Waals surface area contributed by atoms with Gasteiger partial charge in [0.15, 0.2) is 5.78 Å². The summed E-state index contributed by atoms with van der Waals surface area (Å²) in [4.78, 5) is 12.3. The zero-order chi connectivity index (χ0) is 12.3. The van der Waals surface area contributed by atoms with E-state index in [9.17, 15) is 4.79 Å². The summed E-state index contributed by atoms with van der Waals surface area (Å²) < 4.78 is 0. The van der Waals surface area contributed by atoms with E-state index in [1.807, 2.05) is 12.1 Å². The zero-order valence-electron chi connectivity index (χ0n) is 10.9. The third-order valence-corrected chi connectivity index (χ3v) is 3.82. The van der Waals surface area contributed by atoms with Crippen LogP contribution in [0.15, 0.2) is 24.3 Å². The highest BCUT2D eigenvalue weighted by atomic mass is 16.1. The molecule has 0 aromatic heterocycles. The second-order valence-electron chi connectivity index (χ2n) is 5.43. The number of hydrogen-bond donors (Lipinski definition) is 0. The fourth-order valence-electron chi connectivity index (χ4n) is 2.85. The van der Waals surface area contributed by atoms with Gasteiger partial charge in [0.05, 0.1) is 0 Å². The maximum atomic E-state index is 12.3. The minimum absolute atomic E-state index is 0.280. The summed E-state index contributed by atoms with van der Waals surface area (Å²) in [6.07, 6.45) is 5.58. The summed E-state index contributed by atoms with van der Waals surface area (Å²) in [5.74, 6) is 1.37. The Hall–Kier alpha value is -1.11. The van der Waals surface area contributed by atoms with E-state index in [-0.39, 0.29) is 5.92 Å². The van der Waals surface area contributed by atoms with Gasteiger partial charge in [0.25, 0.3) is 0 Å². The zero-order valence-corrected chi connectivity index (χ0v) is 10.9. The van der Waals surface area contributed by atoms with Crippen LogP contribution >= 0.6 is 0 Å². The molecule has 1 aliphatic carbocycles. The Kier molecular flexibility index (Phi) is 3.98. The topological polar surface area (TPSA) is 17.1 Å². The van der Waals surface area contributed by atoms with E-state index >= 15 is 0 Å². The first-order chi connectivity index (χ1) is 8.20. The van der Waals surface area contributed by atoms with Crippen molar-refractivity contribution >= 4 is 5.78 Å². The summed E-state index contributed by atoms with van der Waals surface area (Å²) in [5, 5.41) is 0. The molecule has 0 aliphatic heterocycles. The fraction of sp³-hybridized carbons (Fsp3) is 0.562. The van der Waals surface area contributed by atoms with E-state index in [4.69, 9.17) is 0 Å². The Labute approximate surface area is 104 Å². The van der Waals surface area contributed by atoms with Gasteiger partial charge in [-0.1, -0.05) is 38.5 Å². The largest absolute Gasteiger partial charge is 0.294 e. The lowest BCUT2D eigenvalue weighted by Gasteiger charge is -2.09. The predicted molar refractivity (Wildman–Crippen MR) is 71.3 cm³/mol. The molecule has 1 aliphatic rings. The van der Waals surface area contributed by atoms with Crippen LogP contribution in [0.3, 0.4) is 0 Å². The van der Waals surface area contributed by atoms with Crippen molar-refractivity contribution in [3.8, 4) is 0 Å². The molecule has 0 N–H and O–H groups in total. The highest BCUT2D eigenvalue weighted by Gasteiger charge is 2.27. The minimum Gasteiger partial charge on any atom is -0.294 e.